The number of aliphatic imine (C=N–C) groups is 1. The van der Waals surface area contributed by atoms with Crippen molar-refractivity contribution in [3.63, 3.8) is 0 Å². The van der Waals surface area contributed by atoms with E-state index >= 15 is 0 Å². The molecule has 0 bridgehead atoms. The minimum absolute atomic E-state index is 0.0968. The van der Waals surface area contributed by atoms with Crippen LogP contribution in [-0.4, -0.2) is 70.4 Å². The van der Waals surface area contributed by atoms with Gasteiger partial charge < -0.3 is 32.1 Å². The summed E-state index contributed by atoms with van der Waals surface area (Å²) in [6.07, 6.45) is 2.55. The number of hydrogen-bond acceptors (Lipinski definition) is 5. The maximum atomic E-state index is 13.6. The third-order valence-electron chi connectivity index (χ3n) is 7.20. The predicted molar refractivity (Wildman–Crippen MR) is 156 cm³/mol. The van der Waals surface area contributed by atoms with Gasteiger partial charge in [0.2, 0.25) is 17.7 Å². The van der Waals surface area contributed by atoms with Crippen molar-refractivity contribution in [2.75, 3.05) is 13.1 Å². The lowest BCUT2D eigenvalue weighted by Gasteiger charge is -2.34. The molecule has 0 aliphatic carbocycles. The molecule has 1 aliphatic rings. The van der Waals surface area contributed by atoms with E-state index < -0.39 is 35.4 Å². The van der Waals surface area contributed by atoms with E-state index in [4.69, 9.17) is 11.5 Å². The second-order valence-corrected chi connectivity index (χ2v) is 10.5. The summed E-state index contributed by atoms with van der Waals surface area (Å²) in [7, 11) is 0. The van der Waals surface area contributed by atoms with Crippen molar-refractivity contribution in [2.24, 2.45) is 16.5 Å². The lowest BCUT2D eigenvalue weighted by atomic mass is 9.90. The highest BCUT2D eigenvalue weighted by Crippen LogP contribution is 2.22. The van der Waals surface area contributed by atoms with Crippen molar-refractivity contribution in [2.45, 2.75) is 69.5 Å². The zero-order valence-electron chi connectivity index (χ0n) is 23.4. The van der Waals surface area contributed by atoms with Crippen LogP contribution in [0.1, 0.15) is 50.2 Å². The molecule has 1 heterocycles. The van der Waals surface area contributed by atoms with Crippen LogP contribution in [0.3, 0.4) is 0 Å². The number of nitrogens with one attached hydrogen (secondary N) is 2. The zero-order valence-corrected chi connectivity index (χ0v) is 23.4. The van der Waals surface area contributed by atoms with Gasteiger partial charge in [-0.15, -0.1) is 0 Å². The number of carbonyl (C=O) groups is 4. The summed E-state index contributed by atoms with van der Waals surface area (Å²) in [6, 6.07) is 16.9. The highest BCUT2D eigenvalue weighted by atomic mass is 16.4. The number of guanidine groups is 1. The molecule has 41 heavy (non-hydrogen) atoms. The Morgan fingerprint density at radius 3 is 2.29 bits per heavy atom. The molecule has 0 aromatic heterocycles. The van der Waals surface area contributed by atoms with E-state index in [2.05, 4.69) is 15.6 Å². The number of hydrogen-bond donors (Lipinski definition) is 5. The Balaban J connectivity index is 1.73. The molecule has 1 aliphatic heterocycles. The fraction of sp³-hybridized carbons (Fsp3) is 0.433. The first-order valence-electron chi connectivity index (χ1n) is 13.9. The molecule has 7 N–H and O–H groups in total. The summed E-state index contributed by atoms with van der Waals surface area (Å²) in [5.41, 5.74) is 11.0. The second-order valence-electron chi connectivity index (χ2n) is 10.5. The Hall–Kier alpha value is -4.41. The minimum atomic E-state index is -1.48. The molecule has 0 saturated carbocycles. The van der Waals surface area contributed by atoms with Gasteiger partial charge in [0.05, 0.1) is 0 Å². The summed E-state index contributed by atoms with van der Waals surface area (Å²) in [5, 5.41) is 15.2. The largest absolute Gasteiger partial charge is 0.480 e. The Labute approximate surface area is 240 Å². The first-order valence-corrected chi connectivity index (χ1v) is 13.9. The molecule has 11 nitrogen and oxygen atoms in total. The van der Waals surface area contributed by atoms with E-state index in [0.29, 0.717) is 32.2 Å². The molecule has 0 spiro atoms. The van der Waals surface area contributed by atoms with Crippen LogP contribution >= 0.6 is 0 Å². The van der Waals surface area contributed by atoms with Gasteiger partial charge in [0, 0.05) is 25.9 Å². The maximum Gasteiger partial charge on any atom is 0.326 e. The molecule has 3 amide bonds. The molecule has 1 unspecified atom stereocenters. The van der Waals surface area contributed by atoms with Crippen LogP contribution in [0.15, 0.2) is 65.7 Å². The molecule has 220 valence electrons. The molecule has 2 aromatic rings. The zero-order chi connectivity index (χ0) is 29.8. The Morgan fingerprint density at radius 1 is 1.05 bits per heavy atom. The Kier molecular flexibility index (Phi) is 11.3. The summed E-state index contributed by atoms with van der Waals surface area (Å²) in [4.78, 5) is 57.7. The van der Waals surface area contributed by atoms with Crippen molar-refractivity contribution in [1.29, 1.82) is 0 Å². The van der Waals surface area contributed by atoms with Gasteiger partial charge in [-0.1, -0.05) is 60.7 Å². The van der Waals surface area contributed by atoms with Crippen molar-refractivity contribution in [3.05, 3.63) is 71.8 Å². The van der Waals surface area contributed by atoms with E-state index in [0.717, 1.165) is 11.1 Å². The Morgan fingerprint density at radius 2 is 1.68 bits per heavy atom. The lowest BCUT2D eigenvalue weighted by molar-refractivity contribution is -0.144. The molecule has 2 aromatic carbocycles. The molecular weight excluding hydrogens is 524 g/mol. The number of carboxylic acids is 1. The van der Waals surface area contributed by atoms with E-state index in [1.54, 1.807) is 11.8 Å². The van der Waals surface area contributed by atoms with E-state index in [9.17, 15) is 24.3 Å². The summed E-state index contributed by atoms with van der Waals surface area (Å²) < 4.78 is 0. The van der Waals surface area contributed by atoms with E-state index in [1.807, 2.05) is 60.7 Å². The smallest absolute Gasteiger partial charge is 0.326 e. The fourth-order valence-electron chi connectivity index (χ4n) is 5.00. The summed E-state index contributed by atoms with van der Waals surface area (Å²) in [6.45, 7) is 2.25. The molecule has 1 fully saturated rings. The number of carbonyl (C=O) groups excluding carboxylic acids is 3. The quantitative estimate of drug-likeness (QED) is 0.130. The van der Waals surface area contributed by atoms with Crippen LogP contribution in [0.25, 0.3) is 0 Å². The fourth-order valence-corrected chi connectivity index (χ4v) is 5.00. The van der Waals surface area contributed by atoms with Crippen LogP contribution < -0.4 is 22.1 Å². The maximum absolute atomic E-state index is 13.6. The van der Waals surface area contributed by atoms with Crippen molar-refractivity contribution >= 4 is 29.7 Å². The third-order valence-corrected chi connectivity index (χ3v) is 7.20. The molecule has 11 heteroatoms. The standard InChI is InChI=1S/C30H40N6O5/c1-30(20-22-12-6-3-7-13-22,28(41)34-23(27(39)40)14-8-18-33-29(31)32)35-26(38)24-15-9-19-36(24)25(37)17-16-21-10-4-2-5-11-21/h2-7,10-13,23-24H,8-9,14-20H2,1H3,(H,34,41)(H,35,38)(H,39,40)(H4,31,32,33)/t23-,24-,30?/m0/s1. The minimum Gasteiger partial charge on any atom is -0.480 e. The average Bonchev–Trinajstić information content (AvgIpc) is 3.44. The van der Waals surface area contributed by atoms with Crippen LogP contribution in [0.4, 0.5) is 0 Å². The average molecular weight is 565 g/mol. The van der Waals surface area contributed by atoms with Crippen molar-refractivity contribution in [1.82, 2.24) is 15.5 Å². The van der Waals surface area contributed by atoms with Gasteiger partial charge in [-0.25, -0.2) is 4.79 Å². The van der Waals surface area contributed by atoms with Gasteiger partial charge in [0.25, 0.3) is 0 Å². The Bertz CT molecular complexity index is 1220. The van der Waals surface area contributed by atoms with Crippen molar-refractivity contribution in [3.8, 4) is 0 Å². The normalized spacial score (nSPS) is 16.7. The number of aliphatic carboxylic acids is 1. The van der Waals surface area contributed by atoms with Gasteiger partial charge in [-0.3, -0.25) is 19.4 Å². The van der Waals surface area contributed by atoms with Gasteiger partial charge >= 0.3 is 5.97 Å². The number of likely N-dealkylation sites (tertiary alicyclic amines) is 1. The van der Waals surface area contributed by atoms with Gasteiger partial charge in [0.15, 0.2) is 5.96 Å². The molecular formula is C30H40N6O5. The van der Waals surface area contributed by atoms with Crippen LogP contribution in [0.2, 0.25) is 0 Å². The van der Waals surface area contributed by atoms with Crippen LogP contribution in [0.5, 0.6) is 0 Å². The van der Waals surface area contributed by atoms with Gasteiger partial charge in [-0.05, 0) is 50.2 Å². The van der Waals surface area contributed by atoms with Gasteiger partial charge in [0.1, 0.15) is 17.6 Å². The highest BCUT2D eigenvalue weighted by Gasteiger charge is 2.41. The first-order chi connectivity index (χ1) is 19.6. The monoisotopic (exact) mass is 564 g/mol. The SMILES string of the molecule is CC(Cc1ccccc1)(NC(=O)[C@@H]1CCCN1C(=O)CCc1ccccc1)C(=O)N[C@@H](CCCN=C(N)N)C(=O)O. The van der Waals surface area contributed by atoms with E-state index in [-0.39, 0.29) is 37.7 Å². The van der Waals surface area contributed by atoms with E-state index in [1.165, 1.54) is 0 Å². The van der Waals surface area contributed by atoms with Gasteiger partial charge in [-0.2, -0.15) is 0 Å². The number of benzene rings is 2. The third kappa shape index (κ3) is 9.33. The number of nitrogens with two attached hydrogens (primary N) is 2. The molecule has 0 radical (unpaired) electrons. The molecule has 1 saturated heterocycles. The predicted octanol–water partition coefficient (Wildman–Crippen LogP) is 1.35. The summed E-state index contributed by atoms with van der Waals surface area (Å²) in [5.74, 6) is -2.50. The molecule has 3 rings (SSSR count). The van der Waals surface area contributed by atoms with Crippen molar-refractivity contribution < 1.29 is 24.3 Å². The van der Waals surface area contributed by atoms with Crippen LogP contribution in [-0.2, 0) is 32.0 Å². The highest BCUT2D eigenvalue weighted by molar-refractivity contribution is 5.96. The lowest BCUT2D eigenvalue weighted by Crippen LogP contribution is -2.63. The van der Waals surface area contributed by atoms with Crippen LogP contribution in [0, 0.1) is 0 Å². The summed E-state index contributed by atoms with van der Waals surface area (Å²) >= 11 is 0. The molecule has 3 atom stereocenters. The second kappa shape index (κ2) is 14.8. The number of aryl methyl sites for hydroxylation is 1. The first kappa shape index (κ1) is 31.1. The number of nitrogens with zero attached hydrogens (tertiary/aromatic N) is 2. The number of rotatable bonds is 14. The number of amides is 3. The number of carboxylic acid groups (broad SMARTS) is 1. The topological polar surface area (TPSA) is 180 Å².